The molecule has 1 atom stereocenters. The van der Waals surface area contributed by atoms with E-state index in [2.05, 4.69) is 48.8 Å². The summed E-state index contributed by atoms with van der Waals surface area (Å²) in [6, 6.07) is 0. The van der Waals surface area contributed by atoms with Crippen LogP contribution in [-0.2, 0) is 28.2 Å². The van der Waals surface area contributed by atoms with Crippen LogP contribution in [0.1, 0.15) is 155 Å². The predicted molar refractivity (Wildman–Crippen MR) is 179 cm³/mol. The Hall–Kier alpha value is -1.73. The lowest BCUT2D eigenvalue weighted by Gasteiger charge is -2.18. The van der Waals surface area contributed by atoms with E-state index in [9.17, 15) is 14.2 Å². The first-order chi connectivity index (χ1) is 21.3. The second-order valence-electron chi connectivity index (χ2n) is 11.5. The zero-order valence-electron chi connectivity index (χ0n) is 27.8. The van der Waals surface area contributed by atoms with Crippen LogP contribution in [0.25, 0.3) is 0 Å². The molecule has 0 radical (unpaired) electrons. The summed E-state index contributed by atoms with van der Waals surface area (Å²) in [6.07, 6.45) is 34.6. The highest BCUT2D eigenvalue weighted by Crippen LogP contribution is 2.35. The van der Waals surface area contributed by atoms with Gasteiger partial charge in [0.15, 0.2) is 6.10 Å². The van der Waals surface area contributed by atoms with Crippen molar-refractivity contribution in [3.05, 3.63) is 36.5 Å². The van der Waals surface area contributed by atoms with Gasteiger partial charge in [0.25, 0.3) is 0 Å². The maximum absolute atomic E-state index is 12.2. The van der Waals surface area contributed by atoms with E-state index in [4.69, 9.17) is 19.3 Å². The lowest BCUT2D eigenvalue weighted by atomic mass is 10.1. The lowest BCUT2D eigenvalue weighted by Crippen LogP contribution is -2.29. The third kappa shape index (κ3) is 33.2. The summed E-state index contributed by atoms with van der Waals surface area (Å²) in [5, 5.41) is 0. The van der Waals surface area contributed by atoms with Crippen LogP contribution >= 0.6 is 7.82 Å². The Labute approximate surface area is 268 Å². The largest absolute Gasteiger partial charge is 0.469 e. The Balaban J connectivity index is 4.07. The van der Waals surface area contributed by atoms with E-state index in [1.807, 2.05) is 6.08 Å². The predicted octanol–water partition coefficient (Wildman–Crippen LogP) is 9.84. The van der Waals surface area contributed by atoms with Crippen LogP contribution in [0, 0.1) is 0 Å². The second-order valence-corrected chi connectivity index (χ2v) is 12.7. The van der Waals surface area contributed by atoms with Gasteiger partial charge in [-0.2, -0.15) is 0 Å². The number of carbonyl (C=O) groups excluding carboxylic acids is 2. The van der Waals surface area contributed by atoms with Crippen LogP contribution in [-0.4, -0.2) is 41.0 Å². The Morgan fingerprint density at radius 3 is 1.59 bits per heavy atom. The molecule has 44 heavy (non-hydrogen) atoms. The number of hydrogen-bond acceptors (Lipinski definition) is 6. The molecular weight excluding hydrogens is 579 g/mol. The van der Waals surface area contributed by atoms with E-state index < -0.39 is 32.5 Å². The maximum Gasteiger partial charge on any atom is 0.469 e. The summed E-state index contributed by atoms with van der Waals surface area (Å²) in [6.45, 7) is 3.58. The van der Waals surface area contributed by atoms with Gasteiger partial charge in [-0.3, -0.25) is 14.1 Å². The average Bonchev–Trinajstić information content (AvgIpc) is 2.98. The normalized spacial score (nSPS) is 12.9. The van der Waals surface area contributed by atoms with E-state index >= 15 is 0 Å². The Morgan fingerprint density at radius 1 is 0.591 bits per heavy atom. The van der Waals surface area contributed by atoms with Gasteiger partial charge in [-0.1, -0.05) is 134 Å². The molecule has 2 N–H and O–H groups in total. The molecule has 0 amide bonds. The molecule has 8 nitrogen and oxygen atoms in total. The molecule has 0 saturated heterocycles. The molecule has 0 aromatic rings. The standard InChI is InChI=1S/C35H63O8P/c1-3-5-7-9-11-13-14-15-16-17-18-19-20-22-23-25-27-29-34(36)41-31-33(32-42-44(38,39)40)43-35(37)30-28-26-24-21-12-10-8-6-4-2/h15-16,18-19,22-23,33H,3-14,17,20-21,24-32H2,1-2H3,(H2,38,39,40)/b16-15+,19-18+,23-22+/t33-/m1/s1. The zero-order chi connectivity index (χ0) is 32.6. The first kappa shape index (κ1) is 42.3. The first-order valence-corrected chi connectivity index (χ1v) is 18.8. The Bertz CT molecular complexity index is 818. The average molecular weight is 643 g/mol. The van der Waals surface area contributed by atoms with Crippen LogP contribution in [0.2, 0.25) is 0 Å². The number of phosphoric ester groups is 1. The van der Waals surface area contributed by atoms with Crippen molar-refractivity contribution in [3.8, 4) is 0 Å². The molecular formula is C35H63O8P. The number of esters is 2. The molecule has 0 bridgehead atoms. The molecule has 0 spiro atoms. The van der Waals surface area contributed by atoms with E-state index in [0.29, 0.717) is 12.8 Å². The molecule has 0 rings (SSSR count). The number of hydrogen-bond donors (Lipinski definition) is 2. The van der Waals surface area contributed by atoms with Gasteiger partial charge in [0.05, 0.1) is 6.61 Å². The molecule has 0 heterocycles. The molecule has 0 aromatic heterocycles. The summed E-state index contributed by atoms with van der Waals surface area (Å²) < 4.78 is 26.1. The summed E-state index contributed by atoms with van der Waals surface area (Å²) in [5.74, 6) is -0.950. The van der Waals surface area contributed by atoms with E-state index in [1.165, 1.54) is 70.6 Å². The number of rotatable bonds is 31. The lowest BCUT2D eigenvalue weighted by molar-refractivity contribution is -0.161. The minimum atomic E-state index is -4.75. The smallest absolute Gasteiger partial charge is 0.462 e. The monoisotopic (exact) mass is 642 g/mol. The SMILES string of the molecule is CCCCCCCC/C=C/C/C=C/C/C=C/CCCC(=O)OC[C@H](COP(=O)(O)O)OC(=O)CCCCCCCCCCC. The summed E-state index contributed by atoms with van der Waals surface area (Å²) in [5.41, 5.74) is 0. The molecule has 0 aliphatic heterocycles. The number of allylic oxidation sites excluding steroid dienone is 6. The molecule has 9 heteroatoms. The third-order valence-corrected chi connectivity index (χ3v) is 7.65. The number of phosphoric acid groups is 1. The van der Waals surface area contributed by atoms with Gasteiger partial charge in [-0.05, 0) is 44.9 Å². The van der Waals surface area contributed by atoms with Gasteiger partial charge in [-0.25, -0.2) is 4.57 Å². The highest BCUT2D eigenvalue weighted by atomic mass is 31.2. The molecule has 256 valence electrons. The Kier molecular flexibility index (Phi) is 30.0. The fourth-order valence-electron chi connectivity index (χ4n) is 4.56. The fourth-order valence-corrected chi connectivity index (χ4v) is 4.92. The van der Waals surface area contributed by atoms with E-state index in [-0.39, 0.29) is 19.4 Å². The van der Waals surface area contributed by atoms with Gasteiger partial charge >= 0.3 is 19.8 Å². The van der Waals surface area contributed by atoms with Crippen molar-refractivity contribution in [2.24, 2.45) is 0 Å². The van der Waals surface area contributed by atoms with Crippen molar-refractivity contribution >= 4 is 19.8 Å². The third-order valence-electron chi connectivity index (χ3n) is 7.16. The highest BCUT2D eigenvalue weighted by molar-refractivity contribution is 7.46. The van der Waals surface area contributed by atoms with Crippen LogP contribution in [0.4, 0.5) is 0 Å². The van der Waals surface area contributed by atoms with E-state index in [1.54, 1.807) is 0 Å². The van der Waals surface area contributed by atoms with Gasteiger partial charge in [0.1, 0.15) is 6.61 Å². The molecule has 0 saturated carbocycles. The molecule has 0 fully saturated rings. The van der Waals surface area contributed by atoms with Crippen molar-refractivity contribution in [2.45, 2.75) is 161 Å². The van der Waals surface area contributed by atoms with Gasteiger partial charge in [-0.15, -0.1) is 0 Å². The van der Waals surface area contributed by atoms with E-state index in [0.717, 1.165) is 44.9 Å². The second kappa shape index (κ2) is 31.3. The quantitative estimate of drug-likeness (QED) is 0.0332. The van der Waals surface area contributed by atoms with Crippen LogP contribution in [0.5, 0.6) is 0 Å². The van der Waals surface area contributed by atoms with Crippen molar-refractivity contribution in [2.75, 3.05) is 13.2 Å². The van der Waals surface area contributed by atoms with Crippen molar-refractivity contribution < 1.29 is 37.9 Å². The topological polar surface area (TPSA) is 119 Å². The summed E-state index contributed by atoms with van der Waals surface area (Å²) in [4.78, 5) is 42.4. The minimum absolute atomic E-state index is 0.196. The number of ether oxygens (including phenoxy) is 2. The molecule has 0 unspecified atom stereocenters. The summed E-state index contributed by atoms with van der Waals surface area (Å²) >= 11 is 0. The fraction of sp³-hybridized carbons (Fsp3) is 0.771. The molecule has 0 aromatic carbocycles. The maximum atomic E-state index is 12.2. The van der Waals surface area contributed by atoms with Gasteiger partial charge in [0, 0.05) is 12.8 Å². The first-order valence-electron chi connectivity index (χ1n) is 17.3. The van der Waals surface area contributed by atoms with Crippen LogP contribution in [0.3, 0.4) is 0 Å². The van der Waals surface area contributed by atoms with Gasteiger partial charge < -0.3 is 19.3 Å². The summed E-state index contributed by atoms with van der Waals surface area (Å²) in [7, 11) is -4.75. The van der Waals surface area contributed by atoms with Crippen LogP contribution < -0.4 is 0 Å². The zero-order valence-corrected chi connectivity index (χ0v) is 28.7. The molecule has 0 aliphatic carbocycles. The van der Waals surface area contributed by atoms with Crippen molar-refractivity contribution in [1.82, 2.24) is 0 Å². The highest BCUT2D eigenvalue weighted by Gasteiger charge is 2.22. The minimum Gasteiger partial charge on any atom is -0.462 e. The van der Waals surface area contributed by atoms with Crippen molar-refractivity contribution in [3.63, 3.8) is 0 Å². The van der Waals surface area contributed by atoms with Gasteiger partial charge in [0.2, 0.25) is 0 Å². The number of carbonyl (C=O) groups is 2. The van der Waals surface area contributed by atoms with Crippen LogP contribution in [0.15, 0.2) is 36.5 Å². The number of unbranched alkanes of at least 4 members (excludes halogenated alkanes) is 15. The molecule has 0 aliphatic rings. The van der Waals surface area contributed by atoms with Crippen molar-refractivity contribution in [1.29, 1.82) is 0 Å². The Morgan fingerprint density at radius 2 is 1.05 bits per heavy atom.